The Hall–Kier alpha value is -2.87. The Morgan fingerprint density at radius 3 is 1.42 bits per heavy atom. The third-order valence-corrected chi connectivity index (χ3v) is 5.20. The van der Waals surface area contributed by atoms with Crippen molar-refractivity contribution in [3.63, 3.8) is 0 Å². The third-order valence-electron chi connectivity index (χ3n) is 5.20. The molecule has 0 saturated heterocycles. The first-order valence-corrected chi connectivity index (χ1v) is 10.9. The summed E-state index contributed by atoms with van der Waals surface area (Å²) in [6, 6.07) is 28.4. The van der Waals surface area contributed by atoms with Crippen LogP contribution in [0, 0.1) is 0 Å². The van der Waals surface area contributed by atoms with Crippen molar-refractivity contribution >= 4 is 6.29 Å². The van der Waals surface area contributed by atoms with Crippen LogP contribution in [0.5, 0.6) is 0 Å². The van der Waals surface area contributed by atoms with Gasteiger partial charge in [0.25, 0.3) is 0 Å². The van der Waals surface area contributed by atoms with Gasteiger partial charge in [-0.05, 0) is 16.7 Å². The van der Waals surface area contributed by atoms with E-state index in [0.29, 0.717) is 6.29 Å². The van der Waals surface area contributed by atoms with E-state index in [1.54, 1.807) is 0 Å². The fraction of sp³-hybridized carbons (Fsp3) is 0.296. The topological polar surface area (TPSA) is 85.2 Å². The van der Waals surface area contributed by atoms with Crippen molar-refractivity contribution in [1.29, 1.82) is 0 Å². The van der Waals surface area contributed by atoms with Gasteiger partial charge in [-0.3, -0.25) is 0 Å². The van der Waals surface area contributed by atoms with Gasteiger partial charge in [-0.1, -0.05) is 91.0 Å². The van der Waals surface area contributed by atoms with Crippen LogP contribution >= 0.6 is 0 Å². The average molecular weight is 451 g/mol. The van der Waals surface area contributed by atoms with E-state index in [1.807, 2.05) is 91.0 Å². The zero-order chi connectivity index (χ0) is 23.3. The molecule has 0 radical (unpaired) electrons. The number of carbonyl (C=O) groups is 1. The molecule has 0 unspecified atom stereocenters. The summed E-state index contributed by atoms with van der Waals surface area (Å²) in [5.41, 5.74) is 2.69. The molecule has 0 amide bonds. The molecule has 6 heteroatoms. The lowest BCUT2D eigenvalue weighted by molar-refractivity contribution is -0.182. The number of hydrogen-bond donors (Lipinski definition) is 2. The highest BCUT2D eigenvalue weighted by atomic mass is 16.6. The lowest BCUT2D eigenvalue weighted by atomic mass is 10.0. The Morgan fingerprint density at radius 2 is 1.03 bits per heavy atom. The molecule has 0 spiro atoms. The van der Waals surface area contributed by atoms with Crippen molar-refractivity contribution < 1.29 is 29.2 Å². The van der Waals surface area contributed by atoms with Crippen LogP contribution < -0.4 is 0 Å². The van der Waals surface area contributed by atoms with Gasteiger partial charge in [-0.25, -0.2) is 0 Å². The lowest BCUT2D eigenvalue weighted by Gasteiger charge is -2.33. The molecule has 3 aromatic carbocycles. The molecule has 2 N–H and O–H groups in total. The van der Waals surface area contributed by atoms with Gasteiger partial charge in [-0.2, -0.15) is 0 Å². The molecule has 4 atom stereocenters. The van der Waals surface area contributed by atoms with Crippen molar-refractivity contribution in [3.05, 3.63) is 108 Å². The second kappa shape index (κ2) is 13.6. The van der Waals surface area contributed by atoms with Crippen molar-refractivity contribution in [2.24, 2.45) is 0 Å². The standard InChI is InChI=1S/C27H30O6/c28-16-24(30)26(32-19-22-12-6-2-7-13-22)27(33-20-23-14-8-3-9-15-23)25(17-29)31-18-21-10-4-1-5-11-21/h1-15,17,24-28,30H,16,18-20H2/t24-,25-,26-,27-/m1/s1. The predicted molar refractivity (Wildman–Crippen MR) is 124 cm³/mol. The smallest absolute Gasteiger partial charge is 0.151 e. The normalized spacial score (nSPS) is 14.8. The van der Waals surface area contributed by atoms with Crippen LogP contribution in [0.4, 0.5) is 0 Å². The maximum absolute atomic E-state index is 12.1. The van der Waals surface area contributed by atoms with Crippen LogP contribution in [0.2, 0.25) is 0 Å². The largest absolute Gasteiger partial charge is 0.394 e. The molecule has 0 fully saturated rings. The highest BCUT2D eigenvalue weighted by Gasteiger charge is 2.37. The van der Waals surface area contributed by atoms with Crippen LogP contribution in [0.25, 0.3) is 0 Å². The molecular formula is C27H30O6. The van der Waals surface area contributed by atoms with Crippen LogP contribution in [-0.2, 0) is 38.8 Å². The van der Waals surface area contributed by atoms with E-state index in [1.165, 1.54) is 0 Å². The predicted octanol–water partition coefficient (Wildman–Crippen LogP) is 3.29. The molecular weight excluding hydrogens is 420 g/mol. The van der Waals surface area contributed by atoms with Crippen molar-refractivity contribution in [2.75, 3.05) is 6.61 Å². The van der Waals surface area contributed by atoms with E-state index in [4.69, 9.17) is 14.2 Å². The van der Waals surface area contributed by atoms with Crippen molar-refractivity contribution in [1.82, 2.24) is 0 Å². The highest BCUT2D eigenvalue weighted by Crippen LogP contribution is 2.20. The molecule has 6 nitrogen and oxygen atoms in total. The zero-order valence-electron chi connectivity index (χ0n) is 18.4. The number of aliphatic hydroxyl groups is 2. The molecule has 0 aromatic heterocycles. The van der Waals surface area contributed by atoms with Gasteiger partial charge in [0.2, 0.25) is 0 Å². The summed E-state index contributed by atoms with van der Waals surface area (Å²) in [7, 11) is 0. The van der Waals surface area contributed by atoms with Crippen LogP contribution in [0.15, 0.2) is 91.0 Å². The number of carbonyl (C=O) groups excluding carboxylic acids is 1. The first-order valence-electron chi connectivity index (χ1n) is 10.9. The zero-order valence-corrected chi connectivity index (χ0v) is 18.4. The minimum Gasteiger partial charge on any atom is -0.394 e. The van der Waals surface area contributed by atoms with Crippen LogP contribution in [-0.4, -0.2) is 47.5 Å². The van der Waals surface area contributed by atoms with Gasteiger partial charge in [0.1, 0.15) is 24.4 Å². The quantitative estimate of drug-likeness (QED) is 0.367. The second-order valence-corrected chi connectivity index (χ2v) is 7.67. The molecule has 0 heterocycles. The number of benzene rings is 3. The third kappa shape index (κ3) is 7.89. The summed E-state index contributed by atoms with van der Waals surface area (Å²) in [5.74, 6) is 0. The highest BCUT2D eigenvalue weighted by molar-refractivity contribution is 5.57. The molecule has 0 aliphatic carbocycles. The summed E-state index contributed by atoms with van der Waals surface area (Å²) >= 11 is 0. The first-order chi connectivity index (χ1) is 16.2. The lowest BCUT2D eigenvalue weighted by Crippen LogP contribution is -2.50. The van der Waals surface area contributed by atoms with Gasteiger partial charge in [0.05, 0.1) is 26.4 Å². The van der Waals surface area contributed by atoms with Crippen molar-refractivity contribution in [3.8, 4) is 0 Å². The Morgan fingerprint density at radius 1 is 0.636 bits per heavy atom. The van der Waals surface area contributed by atoms with E-state index in [0.717, 1.165) is 16.7 Å². The Labute approximate surface area is 194 Å². The Kier molecular flexibility index (Phi) is 10.2. The van der Waals surface area contributed by atoms with E-state index >= 15 is 0 Å². The molecule has 0 bridgehead atoms. The number of ether oxygens (including phenoxy) is 3. The van der Waals surface area contributed by atoms with Crippen LogP contribution in [0.1, 0.15) is 16.7 Å². The van der Waals surface area contributed by atoms with Gasteiger partial charge in [-0.15, -0.1) is 0 Å². The SMILES string of the molecule is O=C[C@@H](OCc1ccccc1)[C@@H](OCc1ccccc1)[C@H](OCc1ccccc1)[C@H](O)CO. The van der Waals surface area contributed by atoms with E-state index < -0.39 is 31.0 Å². The number of hydrogen-bond acceptors (Lipinski definition) is 6. The summed E-state index contributed by atoms with van der Waals surface area (Å²) in [6.07, 6.45) is -3.57. The monoisotopic (exact) mass is 450 g/mol. The minimum absolute atomic E-state index is 0.179. The summed E-state index contributed by atoms with van der Waals surface area (Å²) in [5, 5.41) is 20.3. The second-order valence-electron chi connectivity index (χ2n) is 7.67. The Bertz CT molecular complexity index is 919. The fourth-order valence-corrected chi connectivity index (χ4v) is 3.42. The molecule has 0 saturated carbocycles. The number of rotatable bonds is 14. The van der Waals surface area contributed by atoms with Crippen molar-refractivity contribution in [2.45, 2.75) is 44.2 Å². The summed E-state index contributed by atoms with van der Waals surface area (Å²) in [4.78, 5) is 12.1. The molecule has 3 aromatic rings. The Balaban J connectivity index is 1.79. The number of aldehydes is 1. The van der Waals surface area contributed by atoms with E-state index in [-0.39, 0.29) is 19.8 Å². The van der Waals surface area contributed by atoms with Gasteiger partial charge in [0.15, 0.2) is 6.29 Å². The maximum atomic E-state index is 12.1. The summed E-state index contributed by atoms with van der Waals surface area (Å²) < 4.78 is 18.0. The maximum Gasteiger partial charge on any atom is 0.151 e. The van der Waals surface area contributed by atoms with Crippen LogP contribution in [0.3, 0.4) is 0 Å². The molecule has 174 valence electrons. The van der Waals surface area contributed by atoms with E-state index in [2.05, 4.69) is 0 Å². The fourth-order valence-electron chi connectivity index (χ4n) is 3.42. The van der Waals surface area contributed by atoms with E-state index in [9.17, 15) is 15.0 Å². The van der Waals surface area contributed by atoms with Gasteiger partial charge in [0, 0.05) is 0 Å². The molecule has 33 heavy (non-hydrogen) atoms. The minimum atomic E-state index is -1.27. The average Bonchev–Trinajstić information content (AvgIpc) is 2.88. The molecule has 3 rings (SSSR count). The van der Waals surface area contributed by atoms with Gasteiger partial charge < -0.3 is 29.2 Å². The van der Waals surface area contributed by atoms with Gasteiger partial charge >= 0.3 is 0 Å². The molecule has 0 aliphatic rings. The molecule has 0 aliphatic heterocycles. The summed E-state index contributed by atoms with van der Waals surface area (Å²) in [6.45, 7) is 0.0108. The number of aliphatic hydroxyl groups excluding tert-OH is 2. The first kappa shape index (κ1) is 24.8.